The van der Waals surface area contributed by atoms with Gasteiger partial charge in [0.2, 0.25) is 0 Å². The van der Waals surface area contributed by atoms with E-state index in [-0.39, 0.29) is 6.54 Å². The van der Waals surface area contributed by atoms with Gasteiger partial charge in [0, 0.05) is 18.8 Å². The standard InChI is InChI=1S/C12H11F4NO2/c13-8-2-1-7-3-4-17(10(7)5-8)6-9(11(18)19)12(14,15)16/h1-2,5,9H,3-4,6H2,(H,18,19). The molecule has 104 valence electrons. The molecule has 0 saturated heterocycles. The number of fused-ring (bicyclic) bond motifs is 1. The molecule has 1 heterocycles. The highest BCUT2D eigenvalue weighted by molar-refractivity contribution is 5.72. The third-order valence-electron chi connectivity index (χ3n) is 3.14. The number of nitrogens with zero attached hydrogens (tertiary/aromatic N) is 1. The lowest BCUT2D eigenvalue weighted by Gasteiger charge is -2.25. The predicted octanol–water partition coefficient (Wildman–Crippen LogP) is 2.45. The molecule has 0 spiro atoms. The molecule has 7 heteroatoms. The highest BCUT2D eigenvalue weighted by Crippen LogP contribution is 2.33. The Labute approximate surface area is 106 Å². The molecule has 2 rings (SSSR count). The van der Waals surface area contributed by atoms with Crippen LogP contribution in [0.25, 0.3) is 0 Å². The molecule has 0 radical (unpaired) electrons. The summed E-state index contributed by atoms with van der Waals surface area (Å²) in [7, 11) is 0. The lowest BCUT2D eigenvalue weighted by molar-refractivity contribution is -0.191. The molecule has 1 unspecified atom stereocenters. The zero-order valence-electron chi connectivity index (χ0n) is 9.75. The SMILES string of the molecule is O=C(O)C(CN1CCc2ccc(F)cc21)C(F)(F)F. The Morgan fingerprint density at radius 2 is 2.11 bits per heavy atom. The maximum Gasteiger partial charge on any atom is 0.403 e. The summed E-state index contributed by atoms with van der Waals surface area (Å²) in [5.41, 5.74) is 1.07. The molecule has 0 saturated carbocycles. The van der Waals surface area contributed by atoms with Gasteiger partial charge >= 0.3 is 12.1 Å². The Hall–Kier alpha value is -1.79. The van der Waals surface area contributed by atoms with Crippen molar-refractivity contribution >= 4 is 11.7 Å². The first-order valence-corrected chi connectivity index (χ1v) is 5.62. The Morgan fingerprint density at radius 1 is 1.42 bits per heavy atom. The maximum atomic E-state index is 13.1. The largest absolute Gasteiger partial charge is 0.481 e. The molecule has 1 N–H and O–H groups in total. The summed E-state index contributed by atoms with van der Waals surface area (Å²) >= 11 is 0. The summed E-state index contributed by atoms with van der Waals surface area (Å²) in [5, 5.41) is 8.65. The summed E-state index contributed by atoms with van der Waals surface area (Å²) in [5.74, 6) is -4.94. The van der Waals surface area contributed by atoms with Crippen molar-refractivity contribution in [2.24, 2.45) is 5.92 Å². The second kappa shape index (κ2) is 4.71. The van der Waals surface area contributed by atoms with E-state index < -0.39 is 30.4 Å². The Kier molecular flexibility index (Phi) is 3.38. The van der Waals surface area contributed by atoms with Gasteiger partial charge in [-0.25, -0.2) is 4.39 Å². The van der Waals surface area contributed by atoms with Crippen molar-refractivity contribution < 1.29 is 27.5 Å². The van der Waals surface area contributed by atoms with E-state index in [1.54, 1.807) is 0 Å². The van der Waals surface area contributed by atoms with E-state index in [1.807, 2.05) is 0 Å². The fraction of sp³-hybridized carbons (Fsp3) is 0.417. The predicted molar refractivity (Wildman–Crippen MR) is 59.5 cm³/mol. The van der Waals surface area contributed by atoms with Crippen LogP contribution in [0.2, 0.25) is 0 Å². The van der Waals surface area contributed by atoms with E-state index in [9.17, 15) is 22.4 Å². The number of anilines is 1. The number of aliphatic carboxylic acids is 1. The number of carbonyl (C=O) groups is 1. The smallest absolute Gasteiger partial charge is 0.403 e. The summed E-state index contributed by atoms with van der Waals surface area (Å²) in [6.45, 7) is -0.437. The molecule has 0 aromatic heterocycles. The van der Waals surface area contributed by atoms with E-state index in [2.05, 4.69) is 0 Å². The van der Waals surface area contributed by atoms with Crippen molar-refractivity contribution in [1.82, 2.24) is 0 Å². The molecule has 0 bridgehead atoms. The molecule has 1 aromatic rings. The lowest BCUT2D eigenvalue weighted by Crippen LogP contribution is -2.40. The monoisotopic (exact) mass is 277 g/mol. The van der Waals surface area contributed by atoms with Crippen molar-refractivity contribution in [1.29, 1.82) is 0 Å². The lowest BCUT2D eigenvalue weighted by atomic mass is 10.1. The summed E-state index contributed by atoms with van der Waals surface area (Å²) in [6, 6.07) is 3.88. The summed E-state index contributed by atoms with van der Waals surface area (Å²) in [4.78, 5) is 12.0. The van der Waals surface area contributed by atoms with Gasteiger partial charge in [0.25, 0.3) is 0 Å². The molecule has 0 amide bonds. The molecule has 1 aliphatic heterocycles. The minimum absolute atomic E-state index is 0.263. The average Bonchev–Trinajstić information content (AvgIpc) is 2.66. The second-order valence-corrected chi connectivity index (χ2v) is 4.40. The minimum Gasteiger partial charge on any atom is -0.481 e. The fourth-order valence-electron chi connectivity index (χ4n) is 2.15. The number of carboxylic acids is 1. The van der Waals surface area contributed by atoms with Gasteiger partial charge in [0.15, 0.2) is 5.92 Å². The zero-order valence-corrected chi connectivity index (χ0v) is 9.75. The van der Waals surface area contributed by atoms with Crippen LogP contribution >= 0.6 is 0 Å². The quantitative estimate of drug-likeness (QED) is 0.863. The van der Waals surface area contributed by atoms with Crippen molar-refractivity contribution in [3.05, 3.63) is 29.6 Å². The van der Waals surface area contributed by atoms with Gasteiger partial charge < -0.3 is 10.0 Å². The van der Waals surface area contributed by atoms with Gasteiger partial charge in [-0.3, -0.25) is 4.79 Å². The zero-order chi connectivity index (χ0) is 14.2. The number of benzene rings is 1. The van der Waals surface area contributed by atoms with Gasteiger partial charge in [-0.1, -0.05) is 6.07 Å². The van der Waals surface area contributed by atoms with Gasteiger partial charge in [-0.05, 0) is 24.1 Å². The number of hydrogen-bond acceptors (Lipinski definition) is 2. The minimum atomic E-state index is -4.82. The van der Waals surface area contributed by atoms with E-state index in [4.69, 9.17) is 5.11 Å². The Morgan fingerprint density at radius 3 is 2.68 bits per heavy atom. The summed E-state index contributed by atoms with van der Waals surface area (Å²) < 4.78 is 50.9. The van der Waals surface area contributed by atoms with E-state index >= 15 is 0 Å². The topological polar surface area (TPSA) is 40.5 Å². The maximum absolute atomic E-state index is 13.1. The van der Waals surface area contributed by atoms with Crippen LogP contribution in [0.3, 0.4) is 0 Å². The van der Waals surface area contributed by atoms with Gasteiger partial charge in [-0.15, -0.1) is 0 Å². The number of rotatable bonds is 3. The van der Waals surface area contributed by atoms with E-state index in [0.717, 1.165) is 11.6 Å². The Balaban J connectivity index is 2.22. The number of alkyl halides is 3. The van der Waals surface area contributed by atoms with E-state index in [1.165, 1.54) is 17.0 Å². The molecular formula is C12H11F4NO2. The van der Waals surface area contributed by atoms with Gasteiger partial charge in [-0.2, -0.15) is 13.2 Å². The van der Waals surface area contributed by atoms with Crippen molar-refractivity contribution in [3.8, 4) is 0 Å². The van der Waals surface area contributed by atoms with Crippen molar-refractivity contribution in [3.63, 3.8) is 0 Å². The van der Waals surface area contributed by atoms with Crippen molar-refractivity contribution in [2.45, 2.75) is 12.6 Å². The molecular weight excluding hydrogens is 266 g/mol. The first-order valence-electron chi connectivity index (χ1n) is 5.62. The first kappa shape index (κ1) is 13.6. The van der Waals surface area contributed by atoms with E-state index in [0.29, 0.717) is 12.1 Å². The molecule has 0 aliphatic carbocycles. The van der Waals surface area contributed by atoms with Crippen LogP contribution in [0.4, 0.5) is 23.2 Å². The van der Waals surface area contributed by atoms with Crippen LogP contribution in [0, 0.1) is 11.7 Å². The normalized spacial score (nSPS) is 16.3. The van der Waals surface area contributed by atoms with Gasteiger partial charge in [0.1, 0.15) is 5.82 Å². The highest BCUT2D eigenvalue weighted by atomic mass is 19.4. The van der Waals surface area contributed by atoms with Crippen LogP contribution in [0.5, 0.6) is 0 Å². The van der Waals surface area contributed by atoms with Crippen LogP contribution in [0.15, 0.2) is 18.2 Å². The third kappa shape index (κ3) is 2.80. The van der Waals surface area contributed by atoms with Gasteiger partial charge in [0.05, 0.1) is 0 Å². The second-order valence-electron chi connectivity index (χ2n) is 4.40. The molecule has 1 aromatic carbocycles. The third-order valence-corrected chi connectivity index (χ3v) is 3.14. The highest BCUT2D eigenvalue weighted by Gasteiger charge is 2.46. The average molecular weight is 277 g/mol. The molecule has 19 heavy (non-hydrogen) atoms. The van der Waals surface area contributed by atoms with Crippen LogP contribution < -0.4 is 4.90 Å². The summed E-state index contributed by atoms with van der Waals surface area (Å²) in [6.07, 6.45) is -4.33. The molecule has 0 fully saturated rings. The molecule has 3 nitrogen and oxygen atoms in total. The Bertz CT molecular complexity index is 501. The molecule has 1 atom stereocenters. The first-order chi connectivity index (χ1) is 8.79. The van der Waals surface area contributed by atoms with Crippen LogP contribution in [-0.2, 0) is 11.2 Å². The number of halogens is 4. The van der Waals surface area contributed by atoms with Crippen LogP contribution in [-0.4, -0.2) is 30.3 Å². The molecule has 1 aliphatic rings. The van der Waals surface area contributed by atoms with Crippen molar-refractivity contribution in [2.75, 3.05) is 18.0 Å². The van der Waals surface area contributed by atoms with Crippen LogP contribution in [0.1, 0.15) is 5.56 Å². The fourth-order valence-corrected chi connectivity index (χ4v) is 2.15. The number of hydrogen-bond donors (Lipinski definition) is 1. The number of carboxylic acid groups (broad SMARTS) is 1.